The lowest BCUT2D eigenvalue weighted by atomic mass is 10.2. The zero-order valence-corrected chi connectivity index (χ0v) is 7.13. The van der Waals surface area contributed by atoms with E-state index in [0.717, 1.165) is 11.4 Å². The highest BCUT2D eigenvalue weighted by molar-refractivity contribution is 5.96. The average Bonchev–Trinajstić information content (AvgIpc) is 2.25. The van der Waals surface area contributed by atoms with Gasteiger partial charge in [-0.2, -0.15) is 0 Å². The molecule has 4 nitrogen and oxygen atoms in total. The number of rotatable bonds is 0. The Labute approximate surface area is 76.1 Å². The summed E-state index contributed by atoms with van der Waals surface area (Å²) >= 11 is 0. The Morgan fingerprint density at radius 2 is 2.15 bits per heavy atom. The Balaban J connectivity index is 2.40. The predicted octanol–water partition coefficient (Wildman–Crippen LogP) is 1.02. The van der Waals surface area contributed by atoms with Gasteiger partial charge in [0.05, 0.1) is 11.4 Å². The molecule has 1 aliphatic rings. The summed E-state index contributed by atoms with van der Waals surface area (Å²) < 4.78 is 0. The van der Waals surface area contributed by atoms with Crippen LogP contribution in [0, 0.1) is 0 Å². The van der Waals surface area contributed by atoms with Gasteiger partial charge in [-0.05, 0) is 18.2 Å². The van der Waals surface area contributed by atoms with Gasteiger partial charge in [0.15, 0.2) is 0 Å². The summed E-state index contributed by atoms with van der Waals surface area (Å²) in [5.41, 5.74) is 7.95. The van der Waals surface area contributed by atoms with Crippen LogP contribution >= 0.6 is 0 Å². The van der Waals surface area contributed by atoms with Crippen LogP contribution in [-0.4, -0.2) is 12.5 Å². The first kappa shape index (κ1) is 7.91. The number of hydrogen-bond donors (Lipinski definition) is 3. The smallest absolute Gasteiger partial charge is 0.226 e. The van der Waals surface area contributed by atoms with Crippen molar-refractivity contribution in [2.75, 3.05) is 22.9 Å². The van der Waals surface area contributed by atoms with Gasteiger partial charge < -0.3 is 16.4 Å². The molecule has 0 fully saturated rings. The van der Waals surface area contributed by atoms with E-state index in [4.69, 9.17) is 5.73 Å². The van der Waals surface area contributed by atoms with Crippen LogP contribution in [-0.2, 0) is 4.79 Å². The van der Waals surface area contributed by atoms with Crippen molar-refractivity contribution in [2.45, 2.75) is 6.42 Å². The molecule has 0 unspecified atom stereocenters. The normalized spacial score (nSPS) is 15.2. The summed E-state index contributed by atoms with van der Waals surface area (Å²) in [5, 5.41) is 5.93. The maximum atomic E-state index is 11.2. The molecule has 4 heteroatoms. The standard InChI is InChI=1S/C9H11N3O/c10-6-1-2-7-8(5-6)12-9(13)3-4-11-7/h1-2,5,11H,3-4,10H2,(H,12,13). The number of amides is 1. The van der Waals surface area contributed by atoms with Crippen molar-refractivity contribution in [3.63, 3.8) is 0 Å². The van der Waals surface area contributed by atoms with Gasteiger partial charge in [-0.1, -0.05) is 0 Å². The van der Waals surface area contributed by atoms with Crippen molar-refractivity contribution in [1.29, 1.82) is 0 Å². The summed E-state index contributed by atoms with van der Waals surface area (Å²) in [5.74, 6) is 0.0249. The van der Waals surface area contributed by atoms with Gasteiger partial charge in [0.1, 0.15) is 0 Å². The molecule has 1 aromatic carbocycles. The molecule has 1 amide bonds. The van der Waals surface area contributed by atoms with Crippen LogP contribution in [0.4, 0.5) is 17.1 Å². The average molecular weight is 177 g/mol. The highest BCUT2D eigenvalue weighted by atomic mass is 16.1. The highest BCUT2D eigenvalue weighted by Crippen LogP contribution is 2.26. The van der Waals surface area contributed by atoms with Gasteiger partial charge in [-0.3, -0.25) is 4.79 Å². The topological polar surface area (TPSA) is 67.1 Å². The maximum absolute atomic E-state index is 11.2. The molecule has 2 rings (SSSR count). The van der Waals surface area contributed by atoms with E-state index in [-0.39, 0.29) is 5.91 Å². The summed E-state index contributed by atoms with van der Waals surface area (Å²) in [7, 11) is 0. The minimum atomic E-state index is 0.0249. The molecule has 1 heterocycles. The van der Waals surface area contributed by atoms with Crippen molar-refractivity contribution in [3.8, 4) is 0 Å². The molecule has 0 spiro atoms. The van der Waals surface area contributed by atoms with Crippen LogP contribution in [0.2, 0.25) is 0 Å². The summed E-state index contributed by atoms with van der Waals surface area (Å²) in [4.78, 5) is 11.2. The predicted molar refractivity (Wildman–Crippen MR) is 52.6 cm³/mol. The monoisotopic (exact) mass is 177 g/mol. The first-order valence-electron chi connectivity index (χ1n) is 4.19. The first-order valence-corrected chi connectivity index (χ1v) is 4.19. The number of nitrogens with one attached hydrogen (secondary N) is 2. The molecule has 68 valence electrons. The molecule has 0 saturated carbocycles. The van der Waals surface area contributed by atoms with Gasteiger partial charge in [0, 0.05) is 18.7 Å². The first-order chi connectivity index (χ1) is 6.25. The van der Waals surface area contributed by atoms with E-state index in [2.05, 4.69) is 10.6 Å². The molecular weight excluding hydrogens is 166 g/mol. The lowest BCUT2D eigenvalue weighted by Gasteiger charge is -2.07. The molecule has 0 saturated heterocycles. The van der Waals surface area contributed by atoms with Crippen LogP contribution in [0.15, 0.2) is 18.2 Å². The second-order valence-electron chi connectivity index (χ2n) is 3.03. The van der Waals surface area contributed by atoms with Crippen molar-refractivity contribution in [3.05, 3.63) is 18.2 Å². The number of benzene rings is 1. The molecule has 4 N–H and O–H groups in total. The van der Waals surface area contributed by atoms with E-state index < -0.39 is 0 Å². The molecule has 0 bridgehead atoms. The van der Waals surface area contributed by atoms with E-state index >= 15 is 0 Å². The van der Waals surface area contributed by atoms with Crippen LogP contribution in [0.5, 0.6) is 0 Å². The number of nitrogens with two attached hydrogens (primary N) is 1. The number of fused-ring (bicyclic) bond motifs is 1. The van der Waals surface area contributed by atoms with Crippen LogP contribution in [0.25, 0.3) is 0 Å². The fourth-order valence-corrected chi connectivity index (χ4v) is 1.34. The van der Waals surface area contributed by atoms with Crippen molar-refractivity contribution < 1.29 is 4.79 Å². The molecule has 1 aromatic rings. The van der Waals surface area contributed by atoms with Crippen molar-refractivity contribution in [2.24, 2.45) is 0 Å². The molecule has 0 aliphatic carbocycles. The third-order valence-corrected chi connectivity index (χ3v) is 1.99. The number of hydrogen-bond acceptors (Lipinski definition) is 3. The van der Waals surface area contributed by atoms with E-state index in [1.807, 2.05) is 12.1 Å². The Morgan fingerprint density at radius 3 is 3.00 bits per heavy atom. The summed E-state index contributed by atoms with van der Waals surface area (Å²) in [6, 6.07) is 5.44. The zero-order valence-electron chi connectivity index (χ0n) is 7.13. The largest absolute Gasteiger partial charge is 0.399 e. The molecule has 0 radical (unpaired) electrons. The Morgan fingerprint density at radius 1 is 1.31 bits per heavy atom. The van der Waals surface area contributed by atoms with Gasteiger partial charge in [-0.15, -0.1) is 0 Å². The molecule has 0 atom stereocenters. The van der Waals surface area contributed by atoms with E-state index in [9.17, 15) is 4.79 Å². The Kier molecular flexibility index (Phi) is 1.81. The minimum Gasteiger partial charge on any atom is -0.399 e. The van der Waals surface area contributed by atoms with E-state index in [1.165, 1.54) is 0 Å². The number of anilines is 3. The van der Waals surface area contributed by atoms with Gasteiger partial charge >= 0.3 is 0 Å². The third-order valence-electron chi connectivity index (χ3n) is 1.99. The number of carbonyl (C=O) groups is 1. The summed E-state index contributed by atoms with van der Waals surface area (Å²) in [6.45, 7) is 0.669. The van der Waals surface area contributed by atoms with E-state index in [0.29, 0.717) is 18.7 Å². The van der Waals surface area contributed by atoms with E-state index in [1.54, 1.807) is 6.07 Å². The minimum absolute atomic E-state index is 0.0249. The molecule has 0 aromatic heterocycles. The highest BCUT2D eigenvalue weighted by Gasteiger charge is 2.11. The van der Waals surface area contributed by atoms with Crippen LogP contribution in [0.1, 0.15) is 6.42 Å². The molecule has 1 aliphatic heterocycles. The summed E-state index contributed by atoms with van der Waals surface area (Å²) in [6.07, 6.45) is 0.495. The number of carbonyl (C=O) groups excluding carboxylic acids is 1. The van der Waals surface area contributed by atoms with Gasteiger partial charge in [0.25, 0.3) is 0 Å². The van der Waals surface area contributed by atoms with Gasteiger partial charge in [0.2, 0.25) is 5.91 Å². The number of nitrogen functional groups attached to an aromatic ring is 1. The quantitative estimate of drug-likeness (QED) is 0.518. The lowest BCUT2D eigenvalue weighted by molar-refractivity contribution is -0.115. The fraction of sp³-hybridized carbons (Fsp3) is 0.222. The van der Waals surface area contributed by atoms with Crippen LogP contribution < -0.4 is 16.4 Å². The zero-order chi connectivity index (χ0) is 9.26. The lowest BCUT2D eigenvalue weighted by Crippen LogP contribution is -2.10. The van der Waals surface area contributed by atoms with Crippen molar-refractivity contribution in [1.82, 2.24) is 0 Å². The fourth-order valence-electron chi connectivity index (χ4n) is 1.34. The van der Waals surface area contributed by atoms with Gasteiger partial charge in [-0.25, -0.2) is 0 Å². The van der Waals surface area contributed by atoms with Crippen molar-refractivity contribution >= 4 is 23.0 Å². The molecule has 13 heavy (non-hydrogen) atoms. The van der Waals surface area contributed by atoms with Crippen LogP contribution in [0.3, 0.4) is 0 Å². The third kappa shape index (κ3) is 1.56. The SMILES string of the molecule is Nc1ccc2c(c1)NC(=O)CCN2. The maximum Gasteiger partial charge on any atom is 0.226 e. The Hall–Kier alpha value is -1.71. The Bertz CT molecular complexity index is 349. The second-order valence-corrected chi connectivity index (χ2v) is 3.03. The molecular formula is C9H11N3O. The second kappa shape index (κ2) is 2.97.